The Balaban J connectivity index is 1.85. The van der Waals surface area contributed by atoms with Gasteiger partial charge in [0, 0.05) is 46.7 Å². The van der Waals surface area contributed by atoms with Crippen LogP contribution in [0.25, 0.3) is 0 Å². The standard InChI is InChI=1S/C21H30Cl2FN3O2/c1-5-27(21(2,3)4)19(28)13-26-7-6-14(18(24)12-26)11-25-20(29)15-8-16(22)10-17(23)9-15/h8-10,14,18H,5-7,11-13H2,1-4H3,(H,25,29). The summed E-state index contributed by atoms with van der Waals surface area (Å²) in [6.45, 7) is 9.81. The third-order valence-electron chi connectivity index (χ3n) is 5.20. The fourth-order valence-corrected chi connectivity index (χ4v) is 4.23. The van der Waals surface area contributed by atoms with Crippen molar-refractivity contribution in [2.75, 3.05) is 32.7 Å². The fraction of sp³-hybridized carbons (Fsp3) is 0.619. The molecule has 0 saturated carbocycles. The van der Waals surface area contributed by atoms with Crippen LogP contribution in [-0.4, -0.2) is 66.0 Å². The van der Waals surface area contributed by atoms with E-state index in [2.05, 4.69) is 5.32 Å². The number of alkyl halides is 1. The molecule has 2 unspecified atom stereocenters. The Hall–Kier alpha value is -1.37. The van der Waals surface area contributed by atoms with Crippen molar-refractivity contribution in [3.05, 3.63) is 33.8 Å². The number of amides is 2. The minimum absolute atomic E-state index is 0.0109. The maximum atomic E-state index is 14.7. The first-order chi connectivity index (χ1) is 13.5. The molecule has 1 heterocycles. The van der Waals surface area contributed by atoms with Crippen molar-refractivity contribution in [2.45, 2.75) is 45.8 Å². The second kappa shape index (κ2) is 10.1. The SMILES string of the molecule is CCN(C(=O)CN1CCC(CNC(=O)c2cc(Cl)cc(Cl)c2)C(F)C1)C(C)(C)C. The van der Waals surface area contributed by atoms with Gasteiger partial charge in [-0.3, -0.25) is 14.5 Å². The van der Waals surface area contributed by atoms with Crippen molar-refractivity contribution < 1.29 is 14.0 Å². The topological polar surface area (TPSA) is 52.7 Å². The van der Waals surface area contributed by atoms with E-state index in [-0.39, 0.29) is 42.9 Å². The number of halogens is 3. The van der Waals surface area contributed by atoms with E-state index < -0.39 is 6.17 Å². The van der Waals surface area contributed by atoms with E-state index >= 15 is 0 Å². The van der Waals surface area contributed by atoms with Crippen LogP contribution in [0.2, 0.25) is 10.0 Å². The molecule has 1 saturated heterocycles. The van der Waals surface area contributed by atoms with Crippen LogP contribution in [0, 0.1) is 5.92 Å². The molecule has 1 aromatic carbocycles. The van der Waals surface area contributed by atoms with Crippen LogP contribution in [0.5, 0.6) is 0 Å². The highest BCUT2D eigenvalue weighted by Gasteiger charge is 2.32. The Morgan fingerprint density at radius 3 is 2.38 bits per heavy atom. The summed E-state index contributed by atoms with van der Waals surface area (Å²) in [5.41, 5.74) is 0.0926. The number of nitrogens with zero attached hydrogens (tertiary/aromatic N) is 2. The summed E-state index contributed by atoms with van der Waals surface area (Å²) in [4.78, 5) is 28.6. The zero-order valence-electron chi connectivity index (χ0n) is 17.5. The van der Waals surface area contributed by atoms with Crippen LogP contribution in [0.1, 0.15) is 44.5 Å². The van der Waals surface area contributed by atoms with Gasteiger partial charge in [-0.2, -0.15) is 0 Å². The number of carbonyl (C=O) groups is 2. The maximum absolute atomic E-state index is 14.7. The molecule has 1 fully saturated rings. The summed E-state index contributed by atoms with van der Waals surface area (Å²) in [6.07, 6.45) is -0.531. The molecule has 1 aliphatic heterocycles. The van der Waals surface area contributed by atoms with Gasteiger partial charge in [-0.05, 0) is 58.9 Å². The minimum Gasteiger partial charge on any atom is -0.352 e. The minimum atomic E-state index is -1.11. The van der Waals surface area contributed by atoms with Crippen LogP contribution >= 0.6 is 23.2 Å². The summed E-state index contributed by atoms with van der Waals surface area (Å²) < 4.78 is 14.7. The van der Waals surface area contributed by atoms with E-state index in [9.17, 15) is 14.0 Å². The monoisotopic (exact) mass is 445 g/mol. The average Bonchev–Trinajstić information content (AvgIpc) is 2.59. The number of hydrogen-bond acceptors (Lipinski definition) is 3. The quantitative estimate of drug-likeness (QED) is 0.718. The molecule has 8 heteroatoms. The molecule has 1 N–H and O–H groups in total. The van der Waals surface area contributed by atoms with Gasteiger partial charge in [0.1, 0.15) is 6.17 Å². The second-order valence-electron chi connectivity index (χ2n) is 8.48. The molecule has 0 radical (unpaired) electrons. The molecule has 2 amide bonds. The normalized spacial score (nSPS) is 20.4. The van der Waals surface area contributed by atoms with E-state index in [4.69, 9.17) is 23.2 Å². The summed E-state index contributed by atoms with van der Waals surface area (Å²) in [5.74, 6) is -0.607. The number of hydrogen-bond donors (Lipinski definition) is 1. The lowest BCUT2D eigenvalue weighted by atomic mass is 9.94. The van der Waals surface area contributed by atoms with Crippen molar-refractivity contribution >= 4 is 35.0 Å². The summed E-state index contributed by atoms with van der Waals surface area (Å²) in [6, 6.07) is 4.60. The first-order valence-electron chi connectivity index (χ1n) is 9.92. The maximum Gasteiger partial charge on any atom is 0.251 e. The van der Waals surface area contributed by atoms with Crippen LogP contribution in [0.15, 0.2) is 18.2 Å². The number of likely N-dealkylation sites (N-methyl/N-ethyl adjacent to an activating group) is 1. The third-order valence-corrected chi connectivity index (χ3v) is 5.63. The van der Waals surface area contributed by atoms with Gasteiger partial charge >= 0.3 is 0 Å². The first-order valence-corrected chi connectivity index (χ1v) is 10.7. The molecule has 162 valence electrons. The summed E-state index contributed by atoms with van der Waals surface area (Å²) >= 11 is 11.8. The zero-order valence-corrected chi connectivity index (χ0v) is 19.0. The largest absolute Gasteiger partial charge is 0.352 e. The Labute approximate surface area is 182 Å². The third kappa shape index (κ3) is 6.83. The van der Waals surface area contributed by atoms with E-state index in [0.29, 0.717) is 35.1 Å². The van der Waals surface area contributed by atoms with Gasteiger partial charge in [0.15, 0.2) is 0 Å². The molecular formula is C21H30Cl2FN3O2. The summed E-state index contributed by atoms with van der Waals surface area (Å²) in [7, 11) is 0. The van der Waals surface area contributed by atoms with Gasteiger partial charge in [0.25, 0.3) is 5.91 Å². The lowest BCUT2D eigenvalue weighted by Gasteiger charge is -2.39. The van der Waals surface area contributed by atoms with Gasteiger partial charge in [-0.1, -0.05) is 23.2 Å². The van der Waals surface area contributed by atoms with Crippen molar-refractivity contribution in [1.82, 2.24) is 15.1 Å². The Kier molecular flexibility index (Phi) is 8.32. The predicted molar refractivity (Wildman–Crippen MR) is 115 cm³/mol. The predicted octanol–water partition coefficient (Wildman–Crippen LogP) is 4.03. The van der Waals surface area contributed by atoms with Gasteiger partial charge < -0.3 is 10.2 Å². The first kappa shape index (κ1) is 23.9. The number of benzene rings is 1. The van der Waals surface area contributed by atoms with E-state index in [1.54, 1.807) is 6.07 Å². The lowest BCUT2D eigenvalue weighted by molar-refractivity contribution is -0.137. The number of rotatable bonds is 6. The van der Waals surface area contributed by atoms with Gasteiger partial charge in [0.05, 0.1) is 6.54 Å². The highest BCUT2D eigenvalue weighted by molar-refractivity contribution is 6.35. The van der Waals surface area contributed by atoms with Crippen molar-refractivity contribution in [2.24, 2.45) is 5.92 Å². The molecule has 0 bridgehead atoms. The smallest absolute Gasteiger partial charge is 0.251 e. The molecule has 5 nitrogen and oxygen atoms in total. The highest BCUT2D eigenvalue weighted by Crippen LogP contribution is 2.22. The number of likely N-dealkylation sites (tertiary alicyclic amines) is 1. The Morgan fingerprint density at radius 2 is 1.86 bits per heavy atom. The van der Waals surface area contributed by atoms with E-state index in [0.717, 1.165) is 0 Å². The molecule has 0 aliphatic carbocycles. The summed E-state index contributed by atoms with van der Waals surface area (Å²) in [5, 5.41) is 3.52. The lowest BCUT2D eigenvalue weighted by Crippen LogP contribution is -2.52. The van der Waals surface area contributed by atoms with E-state index in [1.807, 2.05) is 37.5 Å². The Morgan fingerprint density at radius 1 is 1.24 bits per heavy atom. The van der Waals surface area contributed by atoms with Crippen molar-refractivity contribution in [3.8, 4) is 0 Å². The molecule has 0 spiro atoms. The second-order valence-corrected chi connectivity index (χ2v) is 9.35. The highest BCUT2D eigenvalue weighted by atomic mass is 35.5. The molecular weight excluding hydrogens is 416 g/mol. The van der Waals surface area contributed by atoms with Gasteiger partial charge in [0.2, 0.25) is 5.91 Å². The van der Waals surface area contributed by atoms with Crippen molar-refractivity contribution in [1.29, 1.82) is 0 Å². The zero-order chi connectivity index (χ0) is 21.8. The van der Waals surface area contributed by atoms with Crippen LogP contribution < -0.4 is 5.32 Å². The van der Waals surface area contributed by atoms with Crippen LogP contribution in [0.3, 0.4) is 0 Å². The number of carbonyl (C=O) groups excluding carboxylic acids is 2. The number of piperidine rings is 1. The van der Waals surface area contributed by atoms with E-state index in [1.165, 1.54) is 12.1 Å². The molecule has 29 heavy (non-hydrogen) atoms. The van der Waals surface area contributed by atoms with Gasteiger partial charge in [-0.15, -0.1) is 0 Å². The average molecular weight is 446 g/mol. The van der Waals surface area contributed by atoms with Crippen molar-refractivity contribution in [3.63, 3.8) is 0 Å². The molecule has 1 aliphatic rings. The van der Waals surface area contributed by atoms with Gasteiger partial charge in [-0.25, -0.2) is 4.39 Å². The molecule has 0 aromatic heterocycles. The number of nitrogens with one attached hydrogen (secondary N) is 1. The molecule has 1 aromatic rings. The van der Waals surface area contributed by atoms with Crippen LogP contribution in [0.4, 0.5) is 4.39 Å². The fourth-order valence-electron chi connectivity index (χ4n) is 3.70. The van der Waals surface area contributed by atoms with Crippen LogP contribution in [-0.2, 0) is 4.79 Å². The molecule has 2 rings (SSSR count). The molecule has 2 atom stereocenters. The Bertz CT molecular complexity index is 719.